The number of aliphatic hydroxyl groups is 1. The summed E-state index contributed by atoms with van der Waals surface area (Å²) >= 11 is 0. The van der Waals surface area contributed by atoms with E-state index in [1.54, 1.807) is 11.9 Å². The Bertz CT molecular complexity index is 364. The Kier molecular flexibility index (Phi) is 17.3. The second kappa shape index (κ2) is 16.2. The molecule has 23 heavy (non-hydrogen) atoms. The van der Waals surface area contributed by atoms with E-state index in [1.165, 1.54) is 44.9 Å². The van der Waals surface area contributed by atoms with Crippen LogP contribution in [0.3, 0.4) is 0 Å². The molecule has 0 bridgehead atoms. The number of rotatable bonds is 12. The first-order valence-corrected chi connectivity index (χ1v) is 9.66. The van der Waals surface area contributed by atoms with Gasteiger partial charge in [0.25, 0.3) is 0 Å². The Balaban J connectivity index is 0. The minimum Gasteiger partial charge on any atom is -0.395 e. The first kappa shape index (κ1) is 24.6. The number of hydrogen-bond acceptors (Lipinski definition) is 4. The topological polar surface area (TPSA) is 115 Å². The number of carbonyl (C=O) groups excluding carboxylic acids is 1. The molecule has 0 aliphatic heterocycles. The summed E-state index contributed by atoms with van der Waals surface area (Å²) in [6, 6.07) is 0. The van der Waals surface area contributed by atoms with E-state index >= 15 is 0 Å². The predicted octanol–water partition coefficient (Wildman–Crippen LogP) is 2.71. The van der Waals surface area contributed by atoms with Crippen LogP contribution in [-0.4, -0.2) is 53.6 Å². The average Bonchev–Trinajstić information content (AvgIpc) is 2.43. The van der Waals surface area contributed by atoms with Gasteiger partial charge in [-0.05, 0) is 6.42 Å². The van der Waals surface area contributed by atoms with Crippen molar-refractivity contribution in [1.82, 2.24) is 4.90 Å². The van der Waals surface area contributed by atoms with Crippen molar-refractivity contribution in [3.63, 3.8) is 0 Å². The largest absolute Gasteiger partial charge is 0.395 e. The van der Waals surface area contributed by atoms with Crippen molar-refractivity contribution in [2.75, 3.05) is 20.2 Å². The molecule has 0 aliphatic carbocycles. The summed E-state index contributed by atoms with van der Waals surface area (Å²) in [5.74, 6) is 0.159. The highest BCUT2D eigenvalue weighted by atomic mass is 32.3. The van der Waals surface area contributed by atoms with Crippen LogP contribution in [-0.2, 0) is 15.2 Å². The molecular formula is C15H33NO6S. The van der Waals surface area contributed by atoms with Gasteiger partial charge in [0.15, 0.2) is 0 Å². The molecule has 140 valence electrons. The molecule has 0 atom stereocenters. The number of aliphatic hydroxyl groups excluding tert-OH is 1. The maximum absolute atomic E-state index is 11.6. The third-order valence-electron chi connectivity index (χ3n) is 3.36. The lowest BCUT2D eigenvalue weighted by molar-refractivity contribution is -0.130. The van der Waals surface area contributed by atoms with E-state index in [2.05, 4.69) is 6.92 Å². The molecule has 0 aromatic rings. The van der Waals surface area contributed by atoms with Crippen LogP contribution in [0.25, 0.3) is 0 Å². The van der Waals surface area contributed by atoms with E-state index in [1.807, 2.05) is 0 Å². The molecular weight excluding hydrogens is 322 g/mol. The van der Waals surface area contributed by atoms with Gasteiger partial charge in [0.1, 0.15) is 0 Å². The van der Waals surface area contributed by atoms with Gasteiger partial charge in [-0.15, -0.1) is 0 Å². The van der Waals surface area contributed by atoms with Crippen LogP contribution in [0.4, 0.5) is 0 Å². The van der Waals surface area contributed by atoms with Gasteiger partial charge >= 0.3 is 10.4 Å². The number of amides is 1. The molecule has 0 aromatic heterocycles. The van der Waals surface area contributed by atoms with E-state index in [4.69, 9.17) is 22.6 Å². The van der Waals surface area contributed by atoms with Gasteiger partial charge in [0.2, 0.25) is 5.91 Å². The standard InChI is InChI=1S/C15H31NO2.H2O4S/c1-3-4-5-6-7-8-9-10-11-12-15(18)16(2)13-14-17;1-5(2,3)4/h17H,3-14H2,1-2H3;(H2,1,2,3,4). The summed E-state index contributed by atoms with van der Waals surface area (Å²) in [5, 5.41) is 8.72. The summed E-state index contributed by atoms with van der Waals surface area (Å²) in [5.41, 5.74) is 0. The van der Waals surface area contributed by atoms with Crippen LogP contribution in [0.15, 0.2) is 0 Å². The summed E-state index contributed by atoms with van der Waals surface area (Å²) < 4.78 is 31.6. The Hall–Kier alpha value is -0.700. The zero-order chi connectivity index (χ0) is 18.1. The maximum Gasteiger partial charge on any atom is 0.394 e. The second-order valence-corrected chi connectivity index (χ2v) is 6.46. The lowest BCUT2D eigenvalue weighted by Gasteiger charge is -2.15. The molecule has 0 heterocycles. The molecule has 0 saturated carbocycles. The van der Waals surface area contributed by atoms with E-state index < -0.39 is 10.4 Å². The minimum atomic E-state index is -4.67. The summed E-state index contributed by atoms with van der Waals surface area (Å²) in [6.45, 7) is 2.75. The summed E-state index contributed by atoms with van der Waals surface area (Å²) in [4.78, 5) is 13.2. The predicted molar refractivity (Wildman–Crippen MR) is 90.7 cm³/mol. The van der Waals surface area contributed by atoms with Crippen molar-refractivity contribution < 1.29 is 27.4 Å². The van der Waals surface area contributed by atoms with E-state index in [9.17, 15) is 4.79 Å². The zero-order valence-electron chi connectivity index (χ0n) is 14.4. The Morgan fingerprint density at radius 3 is 1.70 bits per heavy atom. The molecule has 0 radical (unpaired) electrons. The molecule has 0 aromatic carbocycles. The third-order valence-corrected chi connectivity index (χ3v) is 3.36. The van der Waals surface area contributed by atoms with Gasteiger partial charge in [-0.2, -0.15) is 8.42 Å². The quantitative estimate of drug-likeness (QED) is 0.366. The second-order valence-electron chi connectivity index (χ2n) is 5.57. The summed E-state index contributed by atoms with van der Waals surface area (Å²) in [7, 11) is -2.91. The van der Waals surface area contributed by atoms with E-state index in [-0.39, 0.29) is 12.5 Å². The van der Waals surface area contributed by atoms with Gasteiger partial charge < -0.3 is 10.0 Å². The lowest BCUT2D eigenvalue weighted by Crippen LogP contribution is -2.29. The molecule has 3 N–H and O–H groups in total. The van der Waals surface area contributed by atoms with E-state index in [0.717, 1.165) is 12.8 Å². The van der Waals surface area contributed by atoms with Gasteiger partial charge in [-0.3, -0.25) is 13.9 Å². The van der Waals surface area contributed by atoms with Crippen molar-refractivity contribution in [3.05, 3.63) is 0 Å². The van der Waals surface area contributed by atoms with Crippen molar-refractivity contribution in [2.45, 2.75) is 71.1 Å². The van der Waals surface area contributed by atoms with Crippen molar-refractivity contribution >= 4 is 16.3 Å². The Labute approximate surface area is 140 Å². The Morgan fingerprint density at radius 1 is 0.913 bits per heavy atom. The van der Waals surface area contributed by atoms with Crippen molar-refractivity contribution in [2.24, 2.45) is 0 Å². The normalized spacial score (nSPS) is 10.8. The number of carbonyl (C=O) groups is 1. The maximum atomic E-state index is 11.6. The van der Waals surface area contributed by atoms with Crippen LogP contribution in [0, 0.1) is 0 Å². The number of nitrogens with zero attached hydrogens (tertiary/aromatic N) is 1. The molecule has 8 heteroatoms. The smallest absolute Gasteiger partial charge is 0.394 e. The van der Waals surface area contributed by atoms with Gasteiger partial charge in [0, 0.05) is 20.0 Å². The zero-order valence-corrected chi connectivity index (χ0v) is 15.2. The fourth-order valence-corrected chi connectivity index (χ4v) is 2.05. The van der Waals surface area contributed by atoms with Gasteiger partial charge in [0.05, 0.1) is 6.61 Å². The highest BCUT2D eigenvalue weighted by Gasteiger charge is 2.06. The number of hydrogen-bond donors (Lipinski definition) is 3. The first-order valence-electron chi connectivity index (χ1n) is 8.27. The lowest BCUT2D eigenvalue weighted by atomic mass is 10.1. The Morgan fingerprint density at radius 2 is 1.30 bits per heavy atom. The fourth-order valence-electron chi connectivity index (χ4n) is 2.05. The molecule has 1 amide bonds. The van der Waals surface area contributed by atoms with Crippen LogP contribution < -0.4 is 0 Å². The molecule has 7 nitrogen and oxygen atoms in total. The van der Waals surface area contributed by atoms with Crippen molar-refractivity contribution in [3.8, 4) is 0 Å². The monoisotopic (exact) mass is 355 g/mol. The average molecular weight is 355 g/mol. The molecule has 0 fully saturated rings. The molecule has 0 unspecified atom stereocenters. The van der Waals surface area contributed by atoms with Gasteiger partial charge in [-0.25, -0.2) is 0 Å². The molecule has 0 aliphatic rings. The first-order chi connectivity index (χ1) is 10.7. The number of unbranched alkanes of at least 4 members (excludes halogenated alkanes) is 8. The van der Waals surface area contributed by atoms with Crippen LogP contribution in [0.2, 0.25) is 0 Å². The minimum absolute atomic E-state index is 0.0556. The van der Waals surface area contributed by atoms with E-state index in [0.29, 0.717) is 13.0 Å². The number of likely N-dealkylation sites (N-methyl/N-ethyl adjacent to an activating group) is 1. The highest BCUT2D eigenvalue weighted by Crippen LogP contribution is 2.10. The van der Waals surface area contributed by atoms with Crippen LogP contribution >= 0.6 is 0 Å². The highest BCUT2D eigenvalue weighted by molar-refractivity contribution is 7.79. The summed E-state index contributed by atoms with van der Waals surface area (Å²) in [6.07, 6.45) is 12.1. The van der Waals surface area contributed by atoms with Crippen LogP contribution in [0.1, 0.15) is 71.1 Å². The molecule has 0 saturated heterocycles. The molecule has 0 rings (SSSR count). The molecule has 0 spiro atoms. The fraction of sp³-hybridized carbons (Fsp3) is 0.933. The third kappa shape index (κ3) is 26.5. The SMILES string of the molecule is CCCCCCCCCCCC(=O)N(C)CCO.O=S(=O)(O)O. The van der Waals surface area contributed by atoms with Crippen molar-refractivity contribution in [1.29, 1.82) is 0 Å². The van der Waals surface area contributed by atoms with Crippen LogP contribution in [0.5, 0.6) is 0 Å². The van der Waals surface area contributed by atoms with Gasteiger partial charge in [-0.1, -0.05) is 58.3 Å².